The van der Waals surface area contributed by atoms with Gasteiger partial charge in [-0.2, -0.15) is 5.26 Å². The third kappa shape index (κ3) is 2.49. The molecule has 0 atom stereocenters. The van der Waals surface area contributed by atoms with E-state index in [4.69, 9.17) is 15.7 Å². The number of nitrogens with zero attached hydrogens (tertiary/aromatic N) is 2. The molecule has 5 heteroatoms. The summed E-state index contributed by atoms with van der Waals surface area (Å²) >= 11 is 0. The molecule has 2 aromatic rings. The van der Waals surface area contributed by atoms with Crippen LogP contribution >= 0.6 is 0 Å². The highest BCUT2D eigenvalue weighted by atomic mass is 19.1. The number of nitrogen functional groups attached to an aromatic ring is 1. The van der Waals surface area contributed by atoms with Crippen molar-refractivity contribution in [3.63, 3.8) is 0 Å². The molecule has 4 nitrogen and oxygen atoms in total. The lowest BCUT2D eigenvalue weighted by atomic mass is 10.3. The van der Waals surface area contributed by atoms with Crippen LogP contribution in [0.25, 0.3) is 0 Å². The van der Waals surface area contributed by atoms with Gasteiger partial charge in [0.2, 0.25) is 5.88 Å². The largest absolute Gasteiger partial charge is 0.437 e. The van der Waals surface area contributed by atoms with Crippen molar-refractivity contribution in [2.24, 2.45) is 0 Å². The third-order valence-corrected chi connectivity index (χ3v) is 2.05. The molecule has 17 heavy (non-hydrogen) atoms. The second kappa shape index (κ2) is 4.49. The third-order valence-electron chi connectivity index (χ3n) is 2.05. The summed E-state index contributed by atoms with van der Waals surface area (Å²) in [5, 5.41) is 8.71. The van der Waals surface area contributed by atoms with E-state index in [0.29, 0.717) is 11.3 Å². The average molecular weight is 229 g/mol. The van der Waals surface area contributed by atoms with Gasteiger partial charge in [-0.1, -0.05) is 0 Å². The maximum atomic E-state index is 12.8. The zero-order valence-electron chi connectivity index (χ0n) is 8.72. The lowest BCUT2D eigenvalue weighted by Crippen LogP contribution is -1.94. The molecule has 0 aliphatic rings. The molecule has 0 fully saturated rings. The van der Waals surface area contributed by atoms with Crippen molar-refractivity contribution in [1.82, 2.24) is 4.98 Å². The first kappa shape index (κ1) is 10.9. The molecule has 0 radical (unpaired) electrons. The number of benzene rings is 1. The maximum Gasteiger partial charge on any atom is 0.220 e. The monoisotopic (exact) mass is 229 g/mol. The van der Waals surface area contributed by atoms with Crippen molar-refractivity contribution in [2.45, 2.75) is 0 Å². The molecular formula is C12H8FN3O. The minimum atomic E-state index is -0.436. The zero-order valence-corrected chi connectivity index (χ0v) is 8.72. The van der Waals surface area contributed by atoms with E-state index in [2.05, 4.69) is 4.98 Å². The molecule has 1 aromatic carbocycles. The van der Waals surface area contributed by atoms with Crippen LogP contribution in [0.2, 0.25) is 0 Å². The fraction of sp³-hybridized carbons (Fsp3) is 0. The van der Waals surface area contributed by atoms with Crippen LogP contribution in [0.1, 0.15) is 5.56 Å². The molecule has 0 amide bonds. The van der Waals surface area contributed by atoms with Crippen LogP contribution in [0, 0.1) is 17.1 Å². The number of rotatable bonds is 2. The number of halogens is 1. The molecular weight excluding hydrogens is 221 g/mol. The minimum Gasteiger partial charge on any atom is -0.437 e. The molecule has 0 unspecified atom stereocenters. The second-order valence-corrected chi connectivity index (χ2v) is 3.28. The van der Waals surface area contributed by atoms with Gasteiger partial charge in [-0.05, 0) is 18.2 Å². The first-order chi connectivity index (χ1) is 8.19. The number of nitrogens with two attached hydrogens (primary N) is 1. The molecule has 0 saturated heterocycles. The van der Waals surface area contributed by atoms with Crippen LogP contribution in [0.3, 0.4) is 0 Å². The molecule has 0 aliphatic carbocycles. The number of anilines is 1. The van der Waals surface area contributed by atoms with Gasteiger partial charge < -0.3 is 10.5 Å². The molecule has 0 saturated carbocycles. The van der Waals surface area contributed by atoms with Crippen LogP contribution in [0.5, 0.6) is 11.6 Å². The Hall–Kier alpha value is -2.61. The van der Waals surface area contributed by atoms with Crippen molar-refractivity contribution < 1.29 is 9.13 Å². The first-order valence-electron chi connectivity index (χ1n) is 4.78. The summed E-state index contributed by atoms with van der Waals surface area (Å²) in [6.07, 6.45) is 1.45. The Balaban J connectivity index is 2.28. The van der Waals surface area contributed by atoms with E-state index in [0.717, 1.165) is 6.07 Å². The lowest BCUT2D eigenvalue weighted by molar-refractivity contribution is 0.463. The Morgan fingerprint density at radius 2 is 2.12 bits per heavy atom. The van der Waals surface area contributed by atoms with Gasteiger partial charge in [-0.3, -0.25) is 0 Å². The quantitative estimate of drug-likeness (QED) is 0.803. The van der Waals surface area contributed by atoms with Crippen molar-refractivity contribution in [1.29, 1.82) is 5.26 Å². The van der Waals surface area contributed by atoms with Gasteiger partial charge in [-0.15, -0.1) is 0 Å². The van der Waals surface area contributed by atoms with Crippen molar-refractivity contribution in [3.8, 4) is 17.7 Å². The topological polar surface area (TPSA) is 71.9 Å². The van der Waals surface area contributed by atoms with E-state index >= 15 is 0 Å². The fourth-order valence-electron chi connectivity index (χ4n) is 1.26. The fourth-order valence-corrected chi connectivity index (χ4v) is 1.26. The predicted molar refractivity (Wildman–Crippen MR) is 59.8 cm³/mol. The van der Waals surface area contributed by atoms with E-state index in [-0.39, 0.29) is 11.6 Å². The van der Waals surface area contributed by atoms with E-state index in [1.54, 1.807) is 6.07 Å². The second-order valence-electron chi connectivity index (χ2n) is 3.28. The van der Waals surface area contributed by atoms with Gasteiger partial charge in [0.05, 0.1) is 17.3 Å². The van der Waals surface area contributed by atoms with E-state index in [1.807, 2.05) is 6.07 Å². The Morgan fingerprint density at radius 1 is 1.29 bits per heavy atom. The highest BCUT2D eigenvalue weighted by molar-refractivity contribution is 5.53. The summed E-state index contributed by atoms with van der Waals surface area (Å²) < 4.78 is 18.2. The SMILES string of the molecule is N#Cc1ccnc(Oc2ccc(F)cc2N)c1. The van der Waals surface area contributed by atoms with Gasteiger partial charge in [0.25, 0.3) is 0 Å². The van der Waals surface area contributed by atoms with Crippen LogP contribution < -0.4 is 10.5 Å². The average Bonchev–Trinajstić information content (AvgIpc) is 2.33. The maximum absolute atomic E-state index is 12.8. The number of nitriles is 1. The van der Waals surface area contributed by atoms with Gasteiger partial charge in [0.1, 0.15) is 5.82 Å². The number of pyridine rings is 1. The normalized spacial score (nSPS) is 9.65. The van der Waals surface area contributed by atoms with Crippen molar-refractivity contribution in [2.75, 3.05) is 5.73 Å². The predicted octanol–water partition coefficient (Wildman–Crippen LogP) is 2.47. The summed E-state index contributed by atoms with van der Waals surface area (Å²) in [6.45, 7) is 0. The summed E-state index contributed by atoms with van der Waals surface area (Å²) in [5.74, 6) is 0.102. The van der Waals surface area contributed by atoms with Crippen LogP contribution in [-0.4, -0.2) is 4.98 Å². The molecule has 0 aliphatic heterocycles. The van der Waals surface area contributed by atoms with Crippen molar-refractivity contribution >= 4 is 5.69 Å². The summed E-state index contributed by atoms with van der Waals surface area (Å²) in [4.78, 5) is 3.92. The number of ether oxygens (including phenoxy) is 1. The number of aromatic nitrogens is 1. The zero-order chi connectivity index (χ0) is 12.3. The standard InChI is InChI=1S/C12H8FN3O/c13-9-1-2-11(10(15)6-9)17-12-5-8(7-14)3-4-16-12/h1-6H,15H2. The summed E-state index contributed by atoms with van der Waals surface area (Å²) in [7, 11) is 0. The Kier molecular flexibility index (Phi) is 2.88. The van der Waals surface area contributed by atoms with Crippen LogP contribution in [-0.2, 0) is 0 Å². The highest BCUT2D eigenvalue weighted by Gasteiger charge is 2.05. The van der Waals surface area contributed by atoms with Crippen molar-refractivity contribution in [3.05, 3.63) is 47.9 Å². The van der Waals surface area contributed by atoms with Crippen LogP contribution in [0.4, 0.5) is 10.1 Å². The minimum absolute atomic E-state index is 0.175. The Bertz CT molecular complexity index is 593. The van der Waals surface area contributed by atoms with E-state index < -0.39 is 5.82 Å². The first-order valence-corrected chi connectivity index (χ1v) is 4.78. The molecule has 1 heterocycles. The van der Waals surface area contributed by atoms with Gasteiger partial charge in [-0.25, -0.2) is 9.37 Å². The van der Waals surface area contributed by atoms with Gasteiger partial charge >= 0.3 is 0 Å². The smallest absolute Gasteiger partial charge is 0.220 e. The van der Waals surface area contributed by atoms with Gasteiger partial charge in [0.15, 0.2) is 5.75 Å². The Labute approximate surface area is 97.1 Å². The number of hydrogen-bond acceptors (Lipinski definition) is 4. The molecule has 0 spiro atoms. The molecule has 84 valence electrons. The molecule has 0 bridgehead atoms. The van der Waals surface area contributed by atoms with Gasteiger partial charge in [0, 0.05) is 18.3 Å². The highest BCUT2D eigenvalue weighted by Crippen LogP contribution is 2.26. The number of hydrogen-bond donors (Lipinski definition) is 1. The summed E-state index contributed by atoms with van der Waals surface area (Å²) in [6, 6.07) is 8.80. The summed E-state index contributed by atoms with van der Waals surface area (Å²) in [5.41, 5.74) is 6.18. The molecule has 1 aromatic heterocycles. The Morgan fingerprint density at radius 3 is 2.82 bits per heavy atom. The molecule has 2 N–H and O–H groups in total. The van der Waals surface area contributed by atoms with E-state index in [1.165, 1.54) is 24.4 Å². The lowest BCUT2D eigenvalue weighted by Gasteiger charge is -2.07. The molecule has 2 rings (SSSR count). The van der Waals surface area contributed by atoms with E-state index in [9.17, 15) is 4.39 Å². The van der Waals surface area contributed by atoms with Crippen LogP contribution in [0.15, 0.2) is 36.5 Å².